The van der Waals surface area contributed by atoms with E-state index < -0.39 is 11.6 Å². The highest BCUT2D eigenvalue weighted by Gasteiger charge is 2.21. The van der Waals surface area contributed by atoms with Gasteiger partial charge in [-0.1, -0.05) is 39.3 Å². The topological polar surface area (TPSA) is 52.0 Å². The predicted octanol–water partition coefficient (Wildman–Crippen LogP) is 4.63. The smallest absolute Gasteiger partial charge is 0.230 e. The van der Waals surface area contributed by atoms with Crippen LogP contribution in [0, 0.1) is 11.6 Å². The summed E-state index contributed by atoms with van der Waals surface area (Å²) in [4.78, 5) is 0. The molecule has 1 heterocycles. The monoisotopic (exact) mass is 350 g/mol. The standard InChI is InChI=1S/C15H9BrF2N2O/c16-11-4-2-1-3-9(11)13-14(20-21-15(13)19)10-6-5-8(17)7-12(10)18/h1-7H,19H2. The van der Waals surface area contributed by atoms with E-state index in [9.17, 15) is 8.78 Å². The summed E-state index contributed by atoms with van der Waals surface area (Å²) in [6.45, 7) is 0. The van der Waals surface area contributed by atoms with Crippen LogP contribution in [0.5, 0.6) is 0 Å². The third-order valence-corrected chi connectivity index (χ3v) is 3.74. The molecule has 0 unspecified atom stereocenters. The number of rotatable bonds is 2. The van der Waals surface area contributed by atoms with E-state index in [0.29, 0.717) is 5.56 Å². The van der Waals surface area contributed by atoms with Gasteiger partial charge in [-0.25, -0.2) is 8.78 Å². The minimum atomic E-state index is -0.725. The third-order valence-electron chi connectivity index (χ3n) is 3.05. The molecule has 0 saturated carbocycles. The van der Waals surface area contributed by atoms with Crippen LogP contribution in [0.1, 0.15) is 0 Å². The van der Waals surface area contributed by atoms with Crippen molar-refractivity contribution in [1.29, 1.82) is 0 Å². The highest BCUT2D eigenvalue weighted by Crippen LogP contribution is 2.40. The van der Waals surface area contributed by atoms with Crippen LogP contribution in [-0.2, 0) is 0 Å². The molecular formula is C15H9BrF2N2O. The molecular weight excluding hydrogens is 342 g/mol. The molecule has 0 aliphatic carbocycles. The fourth-order valence-electron chi connectivity index (χ4n) is 2.09. The molecule has 0 aliphatic heterocycles. The lowest BCUT2D eigenvalue weighted by Crippen LogP contribution is -1.91. The second kappa shape index (κ2) is 5.29. The summed E-state index contributed by atoms with van der Waals surface area (Å²) in [5.41, 5.74) is 7.36. The molecule has 0 amide bonds. The van der Waals surface area contributed by atoms with Crippen LogP contribution in [0.4, 0.5) is 14.7 Å². The van der Waals surface area contributed by atoms with E-state index in [1.54, 1.807) is 6.07 Å². The highest BCUT2D eigenvalue weighted by atomic mass is 79.9. The fraction of sp³-hybridized carbons (Fsp3) is 0. The van der Waals surface area contributed by atoms with Gasteiger partial charge in [-0.3, -0.25) is 0 Å². The number of hydrogen-bond acceptors (Lipinski definition) is 3. The number of hydrogen-bond donors (Lipinski definition) is 1. The number of nitrogen functional groups attached to an aromatic ring is 1. The Labute approximate surface area is 127 Å². The predicted molar refractivity (Wildman–Crippen MR) is 79.4 cm³/mol. The number of anilines is 1. The molecule has 1 aromatic heterocycles. The lowest BCUT2D eigenvalue weighted by molar-refractivity contribution is 0.439. The Morgan fingerprint density at radius 3 is 2.52 bits per heavy atom. The Hall–Kier alpha value is -2.21. The van der Waals surface area contributed by atoms with Crippen LogP contribution in [0.2, 0.25) is 0 Å². The zero-order valence-electron chi connectivity index (χ0n) is 10.6. The van der Waals surface area contributed by atoms with Crippen molar-refractivity contribution in [3.8, 4) is 22.4 Å². The number of aromatic nitrogens is 1. The summed E-state index contributed by atoms with van der Waals surface area (Å²) in [5.74, 6) is -1.31. The normalized spacial score (nSPS) is 10.8. The highest BCUT2D eigenvalue weighted by molar-refractivity contribution is 9.10. The molecule has 0 fully saturated rings. The third kappa shape index (κ3) is 2.42. The van der Waals surface area contributed by atoms with Gasteiger partial charge in [0, 0.05) is 21.7 Å². The van der Waals surface area contributed by atoms with Crippen molar-refractivity contribution < 1.29 is 13.3 Å². The first kappa shape index (κ1) is 13.8. The van der Waals surface area contributed by atoms with Gasteiger partial charge < -0.3 is 10.3 Å². The van der Waals surface area contributed by atoms with Gasteiger partial charge in [-0.05, 0) is 18.2 Å². The van der Waals surface area contributed by atoms with Crippen molar-refractivity contribution in [3.63, 3.8) is 0 Å². The van der Waals surface area contributed by atoms with Gasteiger partial charge in [0.15, 0.2) is 0 Å². The Bertz CT molecular complexity index is 817. The fourth-order valence-corrected chi connectivity index (χ4v) is 2.58. The minimum Gasteiger partial charge on any atom is -0.367 e. The molecule has 3 aromatic rings. The molecule has 0 aliphatic rings. The average Bonchev–Trinajstić information content (AvgIpc) is 2.81. The average molecular weight is 351 g/mol. The molecule has 0 radical (unpaired) electrons. The maximum absolute atomic E-state index is 14.0. The number of nitrogens with two attached hydrogens (primary N) is 1. The summed E-state index contributed by atoms with van der Waals surface area (Å²) in [6.07, 6.45) is 0. The van der Waals surface area contributed by atoms with Crippen LogP contribution in [0.15, 0.2) is 51.5 Å². The summed E-state index contributed by atoms with van der Waals surface area (Å²) in [5, 5.41) is 3.81. The zero-order valence-corrected chi connectivity index (χ0v) is 12.2. The molecule has 3 rings (SSSR count). The number of halogens is 3. The zero-order chi connectivity index (χ0) is 15.0. The largest absolute Gasteiger partial charge is 0.367 e. The van der Waals surface area contributed by atoms with E-state index in [-0.39, 0.29) is 17.1 Å². The Balaban J connectivity index is 2.25. The number of nitrogens with zero attached hydrogens (tertiary/aromatic N) is 1. The molecule has 3 nitrogen and oxygen atoms in total. The lowest BCUT2D eigenvalue weighted by Gasteiger charge is -2.06. The molecule has 6 heteroatoms. The molecule has 0 saturated heterocycles. The van der Waals surface area contributed by atoms with Crippen LogP contribution >= 0.6 is 15.9 Å². The van der Waals surface area contributed by atoms with Gasteiger partial charge in [0.2, 0.25) is 5.88 Å². The summed E-state index contributed by atoms with van der Waals surface area (Å²) >= 11 is 3.41. The number of benzene rings is 2. The summed E-state index contributed by atoms with van der Waals surface area (Å²) in [7, 11) is 0. The maximum atomic E-state index is 14.0. The van der Waals surface area contributed by atoms with Gasteiger partial charge in [-0.2, -0.15) is 0 Å². The van der Waals surface area contributed by atoms with E-state index in [0.717, 1.165) is 22.2 Å². The second-order valence-corrected chi connectivity index (χ2v) is 5.23. The molecule has 2 aromatic carbocycles. The van der Waals surface area contributed by atoms with E-state index in [2.05, 4.69) is 21.1 Å². The van der Waals surface area contributed by atoms with Gasteiger partial charge in [0.1, 0.15) is 17.3 Å². The van der Waals surface area contributed by atoms with E-state index in [4.69, 9.17) is 10.3 Å². The molecule has 0 bridgehead atoms. The SMILES string of the molecule is Nc1onc(-c2ccc(F)cc2F)c1-c1ccccc1Br. The van der Waals surface area contributed by atoms with Gasteiger partial charge in [0.25, 0.3) is 0 Å². The molecule has 106 valence electrons. The Morgan fingerprint density at radius 2 is 1.81 bits per heavy atom. The maximum Gasteiger partial charge on any atom is 0.230 e. The second-order valence-electron chi connectivity index (χ2n) is 4.37. The lowest BCUT2D eigenvalue weighted by atomic mass is 10.0. The quantitative estimate of drug-likeness (QED) is 0.732. The van der Waals surface area contributed by atoms with Crippen LogP contribution in [0.3, 0.4) is 0 Å². The van der Waals surface area contributed by atoms with Gasteiger partial charge in [-0.15, -0.1) is 0 Å². The van der Waals surface area contributed by atoms with Crippen LogP contribution in [-0.4, -0.2) is 5.16 Å². The van der Waals surface area contributed by atoms with E-state index in [1.807, 2.05) is 18.2 Å². The summed E-state index contributed by atoms with van der Waals surface area (Å²) < 4.78 is 32.8. The van der Waals surface area contributed by atoms with Crippen LogP contribution < -0.4 is 5.73 Å². The first-order chi connectivity index (χ1) is 10.1. The van der Waals surface area contributed by atoms with Crippen molar-refractivity contribution in [2.75, 3.05) is 5.73 Å². The van der Waals surface area contributed by atoms with Crippen molar-refractivity contribution >= 4 is 21.8 Å². The van der Waals surface area contributed by atoms with Crippen molar-refractivity contribution in [2.45, 2.75) is 0 Å². The van der Waals surface area contributed by atoms with Gasteiger partial charge in [0.05, 0.1) is 5.56 Å². The van der Waals surface area contributed by atoms with Crippen molar-refractivity contribution in [1.82, 2.24) is 5.16 Å². The molecule has 21 heavy (non-hydrogen) atoms. The van der Waals surface area contributed by atoms with Crippen molar-refractivity contribution in [2.24, 2.45) is 0 Å². The Morgan fingerprint density at radius 1 is 1.05 bits per heavy atom. The molecule has 0 atom stereocenters. The minimum absolute atomic E-state index is 0.0700. The van der Waals surface area contributed by atoms with Gasteiger partial charge >= 0.3 is 0 Å². The van der Waals surface area contributed by atoms with E-state index in [1.165, 1.54) is 6.07 Å². The van der Waals surface area contributed by atoms with E-state index >= 15 is 0 Å². The Kier molecular flexibility index (Phi) is 3.47. The first-order valence-corrected chi connectivity index (χ1v) is 6.82. The molecule has 0 spiro atoms. The van der Waals surface area contributed by atoms with Crippen molar-refractivity contribution in [3.05, 3.63) is 58.6 Å². The molecule has 2 N–H and O–H groups in total. The first-order valence-electron chi connectivity index (χ1n) is 6.03. The van der Waals surface area contributed by atoms with Crippen LogP contribution in [0.25, 0.3) is 22.4 Å². The summed E-state index contributed by atoms with van der Waals surface area (Å²) in [6, 6.07) is 10.6.